The molecular formula is C21H26N4O4S. The van der Waals surface area contributed by atoms with Gasteiger partial charge in [-0.15, -0.1) is 11.3 Å². The average Bonchev–Trinajstić information content (AvgIpc) is 3.20. The van der Waals surface area contributed by atoms with Gasteiger partial charge >= 0.3 is 5.69 Å². The minimum atomic E-state index is -0.460. The van der Waals surface area contributed by atoms with Crippen LogP contribution in [0.25, 0.3) is 21.8 Å². The molecule has 0 spiro atoms. The zero-order valence-electron chi connectivity index (χ0n) is 17.8. The van der Waals surface area contributed by atoms with E-state index >= 15 is 0 Å². The Balaban J connectivity index is 2.10. The van der Waals surface area contributed by atoms with Gasteiger partial charge < -0.3 is 15.2 Å². The maximum absolute atomic E-state index is 12.8. The first-order chi connectivity index (χ1) is 14.3. The summed E-state index contributed by atoms with van der Waals surface area (Å²) in [6, 6.07) is 5.56. The molecule has 0 unspecified atom stereocenters. The molecule has 0 aliphatic rings. The second-order valence-corrected chi connectivity index (χ2v) is 8.11. The van der Waals surface area contributed by atoms with Crippen LogP contribution in [0.3, 0.4) is 0 Å². The Morgan fingerprint density at radius 2 is 1.97 bits per heavy atom. The van der Waals surface area contributed by atoms with Gasteiger partial charge in [0.05, 0.1) is 19.4 Å². The van der Waals surface area contributed by atoms with Crippen molar-refractivity contribution in [1.82, 2.24) is 14.1 Å². The van der Waals surface area contributed by atoms with Crippen LogP contribution in [0.4, 0.5) is 5.82 Å². The van der Waals surface area contributed by atoms with E-state index in [2.05, 4.69) is 4.98 Å². The highest BCUT2D eigenvalue weighted by atomic mass is 32.1. The van der Waals surface area contributed by atoms with E-state index in [0.717, 1.165) is 10.1 Å². The Kier molecular flexibility index (Phi) is 6.31. The number of ether oxygens (including phenoxy) is 2. The predicted octanol–water partition coefficient (Wildman–Crippen LogP) is 2.98. The Hall–Kier alpha value is -3.07. The fourth-order valence-corrected chi connectivity index (χ4v) is 3.97. The third kappa shape index (κ3) is 3.97. The van der Waals surface area contributed by atoms with Gasteiger partial charge in [0.2, 0.25) is 0 Å². The van der Waals surface area contributed by atoms with E-state index in [9.17, 15) is 9.59 Å². The molecule has 0 bridgehead atoms. The lowest BCUT2D eigenvalue weighted by molar-refractivity contribution is 0.311. The quantitative estimate of drug-likeness (QED) is 0.618. The molecule has 0 aliphatic heterocycles. The van der Waals surface area contributed by atoms with Crippen molar-refractivity contribution in [2.75, 3.05) is 19.5 Å². The van der Waals surface area contributed by atoms with Gasteiger partial charge in [-0.2, -0.15) is 0 Å². The second kappa shape index (κ2) is 8.74. The molecular weight excluding hydrogens is 404 g/mol. The van der Waals surface area contributed by atoms with Gasteiger partial charge in [-0.1, -0.05) is 13.8 Å². The van der Waals surface area contributed by atoms with Crippen molar-refractivity contribution in [2.45, 2.75) is 27.3 Å². The van der Waals surface area contributed by atoms with Gasteiger partial charge in [-0.05, 0) is 31.0 Å². The molecule has 0 saturated carbocycles. The summed E-state index contributed by atoms with van der Waals surface area (Å²) in [7, 11) is 3.03. The molecule has 0 saturated heterocycles. The minimum Gasteiger partial charge on any atom is -0.493 e. The summed E-state index contributed by atoms with van der Waals surface area (Å²) < 4.78 is 13.5. The number of hydrogen-bond donors (Lipinski definition) is 1. The molecule has 160 valence electrons. The fourth-order valence-electron chi connectivity index (χ4n) is 3.16. The van der Waals surface area contributed by atoms with Crippen molar-refractivity contribution in [3.63, 3.8) is 0 Å². The summed E-state index contributed by atoms with van der Waals surface area (Å²) in [5.41, 5.74) is 6.88. The number of nitrogens with zero attached hydrogens (tertiary/aromatic N) is 3. The Bertz CT molecular complexity index is 1180. The summed E-state index contributed by atoms with van der Waals surface area (Å²) >= 11 is 1.38. The van der Waals surface area contributed by atoms with Crippen molar-refractivity contribution in [3.05, 3.63) is 44.4 Å². The highest BCUT2D eigenvalue weighted by molar-refractivity contribution is 7.13. The fraction of sp³-hybridized carbons (Fsp3) is 0.381. The molecule has 2 aromatic heterocycles. The van der Waals surface area contributed by atoms with E-state index in [-0.39, 0.29) is 17.3 Å². The highest BCUT2D eigenvalue weighted by Gasteiger charge is 2.20. The maximum Gasteiger partial charge on any atom is 0.332 e. The molecule has 3 rings (SSSR count). The molecule has 0 fully saturated rings. The van der Waals surface area contributed by atoms with Crippen LogP contribution in [0.1, 0.15) is 20.8 Å². The second-order valence-electron chi connectivity index (χ2n) is 7.25. The monoisotopic (exact) mass is 430 g/mol. The number of nitrogen functional groups attached to an aromatic ring is 1. The molecule has 1 aromatic carbocycles. The molecule has 0 amide bonds. The number of thiazole rings is 1. The number of aromatic nitrogens is 3. The first-order valence-electron chi connectivity index (χ1n) is 9.64. The lowest BCUT2D eigenvalue weighted by atomic mass is 10.2. The zero-order chi connectivity index (χ0) is 22.0. The van der Waals surface area contributed by atoms with Crippen LogP contribution in [0, 0.1) is 5.92 Å². The smallest absolute Gasteiger partial charge is 0.332 e. The first-order valence-corrected chi connectivity index (χ1v) is 10.5. The van der Waals surface area contributed by atoms with Gasteiger partial charge in [-0.25, -0.2) is 9.78 Å². The van der Waals surface area contributed by atoms with E-state index in [1.807, 2.05) is 39.0 Å². The third-order valence-electron chi connectivity index (χ3n) is 4.60. The first kappa shape index (κ1) is 21.6. The molecule has 0 aliphatic carbocycles. The number of anilines is 1. The van der Waals surface area contributed by atoms with E-state index in [1.54, 1.807) is 12.5 Å². The lowest BCUT2D eigenvalue weighted by Crippen LogP contribution is -2.41. The Labute approximate surface area is 178 Å². The lowest BCUT2D eigenvalue weighted by Gasteiger charge is -2.15. The summed E-state index contributed by atoms with van der Waals surface area (Å²) in [5, 5.41) is 2.48. The van der Waals surface area contributed by atoms with E-state index in [1.165, 1.54) is 23.0 Å². The van der Waals surface area contributed by atoms with Crippen molar-refractivity contribution in [1.29, 1.82) is 0 Å². The van der Waals surface area contributed by atoms with E-state index in [4.69, 9.17) is 15.2 Å². The summed E-state index contributed by atoms with van der Waals surface area (Å²) in [5.74, 6) is 1.59. The predicted molar refractivity (Wildman–Crippen MR) is 119 cm³/mol. The highest BCUT2D eigenvalue weighted by Crippen LogP contribution is 2.35. The van der Waals surface area contributed by atoms with Crippen LogP contribution in [0.2, 0.25) is 0 Å². The van der Waals surface area contributed by atoms with Gasteiger partial charge in [0.25, 0.3) is 5.56 Å². The number of benzene rings is 1. The molecule has 0 radical (unpaired) electrons. The Morgan fingerprint density at radius 3 is 2.60 bits per heavy atom. The van der Waals surface area contributed by atoms with Crippen LogP contribution in [0.5, 0.6) is 11.5 Å². The van der Waals surface area contributed by atoms with Gasteiger partial charge in [0, 0.05) is 24.5 Å². The average molecular weight is 431 g/mol. The minimum absolute atomic E-state index is 0.137. The number of hydrogen-bond acceptors (Lipinski definition) is 7. The van der Waals surface area contributed by atoms with Gasteiger partial charge in [0.1, 0.15) is 16.4 Å². The molecule has 9 heteroatoms. The molecule has 30 heavy (non-hydrogen) atoms. The van der Waals surface area contributed by atoms with Gasteiger partial charge in [-0.3, -0.25) is 13.9 Å². The largest absolute Gasteiger partial charge is 0.493 e. The van der Waals surface area contributed by atoms with Crippen LogP contribution in [0.15, 0.2) is 33.2 Å². The van der Waals surface area contributed by atoms with E-state index in [0.29, 0.717) is 35.4 Å². The van der Waals surface area contributed by atoms with Crippen LogP contribution >= 0.6 is 11.3 Å². The SMILES string of the molecule is CCOc1ccc(-c2nc(-c3c(N)n(CC(C)C)c(=O)n(C)c3=O)cs2)cc1OC. The topological polar surface area (TPSA) is 101 Å². The number of rotatable bonds is 7. The third-order valence-corrected chi connectivity index (χ3v) is 5.49. The number of methoxy groups -OCH3 is 1. The Morgan fingerprint density at radius 1 is 1.23 bits per heavy atom. The van der Waals surface area contributed by atoms with Crippen LogP contribution in [-0.2, 0) is 13.6 Å². The van der Waals surface area contributed by atoms with Gasteiger partial charge in [0.15, 0.2) is 11.5 Å². The van der Waals surface area contributed by atoms with E-state index < -0.39 is 11.2 Å². The standard InChI is InChI=1S/C21H26N4O4S/c1-6-29-15-8-7-13(9-16(15)28-5)19-23-14(11-30-19)17-18(22)25(10-12(2)3)21(27)24(4)20(17)26/h7-9,11-12H,6,10,22H2,1-5H3. The van der Waals surface area contributed by atoms with Crippen LogP contribution < -0.4 is 26.5 Å². The van der Waals surface area contributed by atoms with Crippen molar-refractivity contribution < 1.29 is 9.47 Å². The molecule has 3 aromatic rings. The molecule has 2 heterocycles. The number of nitrogens with two attached hydrogens (primary N) is 1. The summed E-state index contributed by atoms with van der Waals surface area (Å²) in [4.78, 5) is 30.0. The van der Waals surface area contributed by atoms with Crippen molar-refractivity contribution in [2.24, 2.45) is 13.0 Å². The normalized spacial score (nSPS) is 11.1. The summed E-state index contributed by atoms with van der Waals surface area (Å²) in [6.07, 6.45) is 0. The molecule has 0 atom stereocenters. The van der Waals surface area contributed by atoms with Crippen molar-refractivity contribution >= 4 is 17.2 Å². The molecule has 8 nitrogen and oxygen atoms in total. The molecule has 2 N–H and O–H groups in total. The zero-order valence-corrected chi connectivity index (χ0v) is 18.6. The van der Waals surface area contributed by atoms with Crippen molar-refractivity contribution in [3.8, 4) is 33.3 Å². The van der Waals surface area contributed by atoms with Crippen LogP contribution in [-0.4, -0.2) is 27.8 Å². The summed E-state index contributed by atoms with van der Waals surface area (Å²) in [6.45, 7) is 6.82. The maximum atomic E-state index is 12.8.